The molecule has 0 radical (unpaired) electrons. The minimum atomic E-state index is -4.42. The van der Waals surface area contributed by atoms with Crippen LogP contribution in [0.15, 0.2) is 16.5 Å². The lowest BCUT2D eigenvalue weighted by Gasteiger charge is -2.15. The van der Waals surface area contributed by atoms with Crippen molar-refractivity contribution >= 4 is 0 Å². The van der Waals surface area contributed by atoms with Gasteiger partial charge in [-0.2, -0.15) is 13.2 Å². The number of hydrogen-bond acceptors (Lipinski definition) is 2. The Kier molecular flexibility index (Phi) is 2.18. The summed E-state index contributed by atoms with van der Waals surface area (Å²) in [5, 5.41) is 0. The first-order chi connectivity index (χ1) is 7.23. The topological polar surface area (TPSA) is 39.2 Å². The van der Waals surface area contributed by atoms with Crippen molar-refractivity contribution in [1.82, 2.24) is 0 Å². The van der Waals surface area contributed by atoms with Crippen LogP contribution in [0.1, 0.15) is 31.8 Å². The van der Waals surface area contributed by atoms with E-state index in [1.807, 2.05) is 13.8 Å². The van der Waals surface area contributed by atoms with Gasteiger partial charge >= 0.3 is 6.18 Å². The Labute approximate surface area is 91.6 Å². The van der Waals surface area contributed by atoms with Crippen LogP contribution >= 0.6 is 0 Å². The van der Waals surface area contributed by atoms with Crippen molar-refractivity contribution < 1.29 is 17.6 Å². The highest BCUT2D eigenvalue weighted by Crippen LogP contribution is 2.64. The zero-order chi connectivity index (χ0) is 12.2. The third-order valence-electron chi connectivity index (χ3n) is 3.62. The molecule has 1 saturated carbocycles. The van der Waals surface area contributed by atoms with E-state index in [4.69, 9.17) is 10.2 Å². The molecule has 1 aromatic rings. The van der Waals surface area contributed by atoms with E-state index < -0.39 is 17.4 Å². The van der Waals surface area contributed by atoms with Gasteiger partial charge in [0.2, 0.25) is 5.76 Å². The molecule has 2 nitrogen and oxygen atoms in total. The molecule has 0 amide bonds. The molecule has 1 fully saturated rings. The van der Waals surface area contributed by atoms with E-state index in [1.165, 1.54) is 6.07 Å². The predicted molar refractivity (Wildman–Crippen MR) is 52.8 cm³/mol. The Morgan fingerprint density at radius 3 is 2.25 bits per heavy atom. The highest BCUT2D eigenvalue weighted by Gasteiger charge is 2.63. The van der Waals surface area contributed by atoms with Gasteiger partial charge in [-0.15, -0.1) is 0 Å². The summed E-state index contributed by atoms with van der Waals surface area (Å²) in [6, 6.07) is 2.37. The normalized spacial score (nSPS) is 28.1. The number of nitrogens with two attached hydrogens (primary N) is 1. The summed E-state index contributed by atoms with van der Waals surface area (Å²) < 4.78 is 42.0. The maximum atomic E-state index is 12.4. The molecule has 0 saturated heterocycles. The van der Waals surface area contributed by atoms with Crippen molar-refractivity contribution in [1.29, 1.82) is 0 Å². The molecule has 1 aliphatic rings. The summed E-state index contributed by atoms with van der Waals surface area (Å²) in [4.78, 5) is 0. The van der Waals surface area contributed by atoms with Gasteiger partial charge in [-0.1, -0.05) is 13.8 Å². The van der Waals surface area contributed by atoms with Gasteiger partial charge in [-0.05, 0) is 24.0 Å². The lowest BCUT2D eigenvalue weighted by molar-refractivity contribution is -0.153. The summed E-state index contributed by atoms with van der Waals surface area (Å²) in [5.74, 6) is -0.592. The number of halogens is 3. The molecule has 1 aliphatic carbocycles. The minimum Gasteiger partial charge on any atom is -0.456 e. The van der Waals surface area contributed by atoms with Crippen molar-refractivity contribution in [2.75, 3.05) is 6.54 Å². The second-order valence-corrected chi connectivity index (χ2v) is 5.01. The average molecular weight is 233 g/mol. The molecule has 0 bridgehead atoms. The van der Waals surface area contributed by atoms with E-state index in [0.29, 0.717) is 12.3 Å². The van der Waals surface area contributed by atoms with Crippen molar-refractivity contribution in [3.63, 3.8) is 0 Å². The van der Waals surface area contributed by atoms with Crippen LogP contribution in [0, 0.1) is 5.41 Å². The summed E-state index contributed by atoms with van der Waals surface area (Å²) in [7, 11) is 0. The smallest absolute Gasteiger partial charge is 0.449 e. The first kappa shape index (κ1) is 11.5. The second-order valence-electron chi connectivity index (χ2n) is 5.01. The van der Waals surface area contributed by atoms with Crippen molar-refractivity contribution in [2.24, 2.45) is 11.1 Å². The summed E-state index contributed by atoms with van der Waals surface area (Å²) >= 11 is 0. The molecule has 1 heterocycles. The molecule has 2 N–H and O–H groups in total. The van der Waals surface area contributed by atoms with E-state index >= 15 is 0 Å². The zero-order valence-electron chi connectivity index (χ0n) is 9.19. The maximum absolute atomic E-state index is 12.4. The molecular weight excluding hydrogens is 219 g/mol. The van der Waals surface area contributed by atoms with Crippen LogP contribution in [0.5, 0.6) is 0 Å². The predicted octanol–water partition coefficient (Wildman–Crippen LogP) is 2.92. The molecule has 16 heavy (non-hydrogen) atoms. The van der Waals surface area contributed by atoms with Crippen LogP contribution in [-0.4, -0.2) is 6.54 Å². The van der Waals surface area contributed by atoms with Gasteiger partial charge < -0.3 is 10.2 Å². The van der Waals surface area contributed by atoms with Crippen LogP contribution in [0.4, 0.5) is 13.2 Å². The van der Waals surface area contributed by atoms with Gasteiger partial charge in [-0.3, -0.25) is 0 Å². The molecule has 1 unspecified atom stereocenters. The fraction of sp³-hybridized carbons (Fsp3) is 0.636. The van der Waals surface area contributed by atoms with Crippen LogP contribution in [0.3, 0.4) is 0 Å². The Balaban J connectivity index is 2.33. The lowest BCUT2D eigenvalue weighted by atomic mass is 9.93. The summed E-state index contributed by atoms with van der Waals surface area (Å²) in [5.41, 5.74) is 5.15. The van der Waals surface area contributed by atoms with E-state index in [9.17, 15) is 13.2 Å². The number of alkyl halides is 3. The quantitative estimate of drug-likeness (QED) is 0.853. The van der Waals surface area contributed by atoms with E-state index in [2.05, 4.69) is 0 Å². The molecule has 0 aromatic carbocycles. The van der Waals surface area contributed by atoms with Crippen LogP contribution in [0.2, 0.25) is 0 Å². The van der Waals surface area contributed by atoms with Gasteiger partial charge in [0.25, 0.3) is 0 Å². The monoisotopic (exact) mass is 233 g/mol. The first-order valence-corrected chi connectivity index (χ1v) is 5.10. The van der Waals surface area contributed by atoms with Crippen LogP contribution < -0.4 is 5.73 Å². The lowest BCUT2D eigenvalue weighted by Crippen LogP contribution is -2.24. The Morgan fingerprint density at radius 2 is 1.94 bits per heavy atom. The Hall–Kier alpha value is -0.970. The van der Waals surface area contributed by atoms with Crippen molar-refractivity contribution in [3.05, 3.63) is 23.7 Å². The zero-order valence-corrected chi connectivity index (χ0v) is 9.19. The standard InChI is InChI=1S/C11H14F3NO/c1-9(2)5-10(9,6-15)7-3-4-8(16-7)11(12,13)14/h3-4H,5-6,15H2,1-2H3. The third-order valence-corrected chi connectivity index (χ3v) is 3.62. The number of rotatable bonds is 2. The van der Waals surface area contributed by atoms with Gasteiger partial charge in [0, 0.05) is 12.0 Å². The summed E-state index contributed by atoms with van der Waals surface area (Å²) in [6.07, 6.45) is -3.66. The Morgan fingerprint density at radius 1 is 1.38 bits per heavy atom. The molecule has 5 heteroatoms. The number of furan rings is 1. The third kappa shape index (κ3) is 1.45. The molecule has 1 aromatic heterocycles. The summed E-state index contributed by atoms with van der Waals surface area (Å²) in [6.45, 7) is 4.27. The largest absolute Gasteiger partial charge is 0.456 e. The average Bonchev–Trinajstić information content (AvgIpc) is 2.59. The van der Waals surface area contributed by atoms with Crippen LogP contribution in [0.25, 0.3) is 0 Å². The first-order valence-electron chi connectivity index (χ1n) is 5.10. The van der Waals surface area contributed by atoms with E-state index in [1.54, 1.807) is 0 Å². The SMILES string of the molecule is CC1(C)CC1(CN)c1ccc(C(F)(F)F)o1. The molecule has 90 valence electrons. The maximum Gasteiger partial charge on any atom is 0.449 e. The fourth-order valence-corrected chi connectivity index (χ4v) is 2.33. The van der Waals surface area contributed by atoms with Crippen LogP contribution in [-0.2, 0) is 11.6 Å². The minimum absolute atomic E-state index is 0.0809. The van der Waals surface area contributed by atoms with Gasteiger partial charge in [-0.25, -0.2) is 0 Å². The molecule has 1 atom stereocenters. The van der Waals surface area contributed by atoms with Crippen molar-refractivity contribution in [2.45, 2.75) is 31.9 Å². The highest BCUT2D eigenvalue weighted by molar-refractivity contribution is 5.32. The fourth-order valence-electron chi connectivity index (χ4n) is 2.33. The number of hydrogen-bond donors (Lipinski definition) is 1. The molecular formula is C11H14F3NO. The highest BCUT2D eigenvalue weighted by atomic mass is 19.4. The van der Waals surface area contributed by atoms with Crippen molar-refractivity contribution in [3.8, 4) is 0 Å². The molecule has 0 aliphatic heterocycles. The Bertz CT molecular complexity index is 408. The van der Waals surface area contributed by atoms with Gasteiger partial charge in [0.1, 0.15) is 5.76 Å². The molecule has 0 spiro atoms. The molecule has 2 rings (SSSR count). The second kappa shape index (κ2) is 3.03. The van der Waals surface area contributed by atoms with Gasteiger partial charge in [0.05, 0.1) is 0 Å². The van der Waals surface area contributed by atoms with Gasteiger partial charge in [0.15, 0.2) is 0 Å². The van der Waals surface area contributed by atoms with E-state index in [-0.39, 0.29) is 5.41 Å². The van der Waals surface area contributed by atoms with E-state index in [0.717, 1.165) is 12.5 Å².